The van der Waals surface area contributed by atoms with Crippen LogP contribution in [0.5, 0.6) is 0 Å². The summed E-state index contributed by atoms with van der Waals surface area (Å²) in [6.45, 7) is 6.96. The first-order valence-corrected chi connectivity index (χ1v) is 10.4. The SMILES string of the molecule is O=C(Nc1ccccc1)c1ccc(C[NH+]2CC[NH+](Cc3ccccc3)CC2)cc1. The Hall–Kier alpha value is -2.95. The number of anilines is 1. The van der Waals surface area contributed by atoms with Crippen molar-refractivity contribution >= 4 is 11.6 Å². The number of benzene rings is 3. The van der Waals surface area contributed by atoms with Gasteiger partial charge in [-0.05, 0) is 24.3 Å². The van der Waals surface area contributed by atoms with Gasteiger partial charge in [0.05, 0.1) is 0 Å². The maximum atomic E-state index is 12.4. The number of rotatable bonds is 6. The van der Waals surface area contributed by atoms with Crippen molar-refractivity contribution in [2.45, 2.75) is 13.1 Å². The largest absolute Gasteiger partial charge is 0.322 e. The van der Waals surface area contributed by atoms with Crippen molar-refractivity contribution in [3.8, 4) is 0 Å². The maximum absolute atomic E-state index is 12.4. The van der Waals surface area contributed by atoms with E-state index in [1.54, 1.807) is 9.80 Å². The summed E-state index contributed by atoms with van der Waals surface area (Å²) >= 11 is 0. The molecule has 0 atom stereocenters. The quantitative estimate of drug-likeness (QED) is 0.588. The molecule has 1 aliphatic heterocycles. The second-order valence-corrected chi connectivity index (χ2v) is 7.86. The van der Waals surface area contributed by atoms with Crippen LogP contribution in [0.3, 0.4) is 0 Å². The van der Waals surface area contributed by atoms with Gasteiger partial charge in [-0.2, -0.15) is 0 Å². The molecule has 0 radical (unpaired) electrons. The Balaban J connectivity index is 1.26. The smallest absolute Gasteiger partial charge is 0.255 e. The van der Waals surface area contributed by atoms with Crippen molar-refractivity contribution < 1.29 is 14.6 Å². The van der Waals surface area contributed by atoms with Crippen molar-refractivity contribution in [2.24, 2.45) is 0 Å². The third-order valence-corrected chi connectivity index (χ3v) is 5.66. The normalized spacial score (nSPS) is 18.9. The van der Waals surface area contributed by atoms with Gasteiger partial charge in [-0.1, -0.05) is 60.7 Å². The molecule has 1 amide bonds. The third-order valence-electron chi connectivity index (χ3n) is 5.66. The fraction of sp³-hybridized carbons (Fsp3) is 0.240. The minimum Gasteiger partial charge on any atom is -0.322 e. The zero-order chi connectivity index (χ0) is 19.9. The van der Waals surface area contributed by atoms with E-state index < -0.39 is 0 Å². The Morgan fingerprint density at radius 3 is 1.69 bits per heavy atom. The molecule has 29 heavy (non-hydrogen) atoms. The van der Waals surface area contributed by atoms with Gasteiger partial charge in [-0.3, -0.25) is 4.79 Å². The molecule has 3 aromatic rings. The molecular weight excluding hydrogens is 358 g/mol. The molecule has 1 saturated heterocycles. The molecule has 3 N–H and O–H groups in total. The number of carbonyl (C=O) groups is 1. The standard InChI is InChI=1S/C25H27N3O/c29-25(26-24-9-5-2-6-10-24)23-13-11-22(12-14-23)20-28-17-15-27(16-18-28)19-21-7-3-1-4-8-21/h1-14H,15-20H2,(H,26,29)/p+2. The summed E-state index contributed by atoms with van der Waals surface area (Å²) in [5, 5.41) is 2.94. The molecule has 0 saturated carbocycles. The summed E-state index contributed by atoms with van der Waals surface area (Å²) in [4.78, 5) is 15.7. The highest BCUT2D eigenvalue weighted by Gasteiger charge is 2.23. The summed E-state index contributed by atoms with van der Waals surface area (Å²) in [7, 11) is 0. The maximum Gasteiger partial charge on any atom is 0.255 e. The van der Waals surface area contributed by atoms with E-state index in [-0.39, 0.29) is 5.91 Å². The molecule has 0 spiro atoms. The van der Waals surface area contributed by atoms with E-state index in [9.17, 15) is 4.79 Å². The van der Waals surface area contributed by atoms with Crippen LogP contribution in [0.2, 0.25) is 0 Å². The Labute approximate surface area is 172 Å². The van der Waals surface area contributed by atoms with E-state index in [0.29, 0.717) is 5.56 Å². The summed E-state index contributed by atoms with van der Waals surface area (Å²) in [6, 6.07) is 28.4. The van der Waals surface area contributed by atoms with E-state index in [1.165, 1.54) is 37.3 Å². The molecule has 0 unspecified atom stereocenters. The molecule has 4 nitrogen and oxygen atoms in total. The second kappa shape index (κ2) is 9.50. The predicted octanol–water partition coefficient (Wildman–Crippen LogP) is 1.42. The van der Waals surface area contributed by atoms with Crippen molar-refractivity contribution in [1.29, 1.82) is 0 Å². The number of carbonyl (C=O) groups excluding carboxylic acids is 1. The lowest BCUT2D eigenvalue weighted by Crippen LogP contribution is -3.27. The lowest BCUT2D eigenvalue weighted by atomic mass is 10.1. The van der Waals surface area contributed by atoms with Crippen LogP contribution in [-0.2, 0) is 13.1 Å². The van der Waals surface area contributed by atoms with Gasteiger partial charge < -0.3 is 15.1 Å². The van der Waals surface area contributed by atoms with Gasteiger partial charge in [-0.15, -0.1) is 0 Å². The number of hydrogen-bond donors (Lipinski definition) is 3. The predicted molar refractivity (Wildman–Crippen MR) is 116 cm³/mol. The average Bonchev–Trinajstić information content (AvgIpc) is 2.77. The highest BCUT2D eigenvalue weighted by atomic mass is 16.1. The van der Waals surface area contributed by atoms with Crippen LogP contribution in [0.15, 0.2) is 84.9 Å². The van der Waals surface area contributed by atoms with E-state index in [1.807, 2.05) is 42.5 Å². The monoisotopic (exact) mass is 387 g/mol. The fourth-order valence-corrected chi connectivity index (χ4v) is 3.98. The molecule has 1 aliphatic rings. The molecule has 1 fully saturated rings. The average molecular weight is 388 g/mol. The number of hydrogen-bond acceptors (Lipinski definition) is 1. The van der Waals surface area contributed by atoms with Gasteiger partial charge in [0.25, 0.3) is 5.91 Å². The Morgan fingerprint density at radius 2 is 1.14 bits per heavy atom. The molecular formula is C25H29N3O+2. The minimum atomic E-state index is -0.0618. The number of quaternary nitrogens is 2. The summed E-state index contributed by atoms with van der Waals surface area (Å²) in [6.07, 6.45) is 0. The van der Waals surface area contributed by atoms with Crippen molar-refractivity contribution in [1.82, 2.24) is 0 Å². The van der Waals surface area contributed by atoms with Gasteiger partial charge >= 0.3 is 0 Å². The number of amides is 1. The van der Waals surface area contributed by atoms with Crippen LogP contribution in [0, 0.1) is 0 Å². The number of nitrogens with one attached hydrogen (secondary N) is 3. The topological polar surface area (TPSA) is 38.0 Å². The summed E-state index contributed by atoms with van der Waals surface area (Å²) in [5.41, 5.74) is 4.24. The molecule has 4 rings (SSSR count). The molecule has 0 aromatic heterocycles. The molecule has 3 aromatic carbocycles. The van der Waals surface area contributed by atoms with Crippen LogP contribution >= 0.6 is 0 Å². The van der Waals surface area contributed by atoms with Crippen molar-refractivity contribution in [3.05, 3.63) is 102 Å². The van der Waals surface area contributed by atoms with E-state index >= 15 is 0 Å². The zero-order valence-electron chi connectivity index (χ0n) is 16.7. The van der Waals surface area contributed by atoms with Crippen LogP contribution in [0.4, 0.5) is 5.69 Å². The van der Waals surface area contributed by atoms with Gasteiger partial charge in [0, 0.05) is 22.4 Å². The number of piperazine rings is 1. The Morgan fingerprint density at radius 1 is 0.655 bits per heavy atom. The minimum absolute atomic E-state index is 0.0618. The highest BCUT2D eigenvalue weighted by molar-refractivity contribution is 6.04. The Kier molecular flexibility index (Phi) is 6.35. The van der Waals surface area contributed by atoms with E-state index in [4.69, 9.17) is 0 Å². The van der Waals surface area contributed by atoms with E-state index in [0.717, 1.165) is 18.8 Å². The van der Waals surface area contributed by atoms with Crippen LogP contribution in [0.1, 0.15) is 21.5 Å². The summed E-state index contributed by atoms with van der Waals surface area (Å²) < 4.78 is 0. The number of para-hydroxylation sites is 1. The zero-order valence-corrected chi connectivity index (χ0v) is 16.7. The van der Waals surface area contributed by atoms with Gasteiger partial charge in [0.2, 0.25) is 0 Å². The second-order valence-electron chi connectivity index (χ2n) is 7.86. The molecule has 0 aliphatic carbocycles. The van der Waals surface area contributed by atoms with Crippen LogP contribution in [0.25, 0.3) is 0 Å². The van der Waals surface area contributed by atoms with Gasteiger partial charge in [0.15, 0.2) is 0 Å². The fourth-order valence-electron chi connectivity index (χ4n) is 3.98. The molecule has 148 valence electrons. The molecule has 0 bridgehead atoms. The van der Waals surface area contributed by atoms with Crippen molar-refractivity contribution in [2.75, 3.05) is 31.5 Å². The summed E-state index contributed by atoms with van der Waals surface area (Å²) in [5.74, 6) is -0.0618. The molecule has 4 heteroatoms. The van der Waals surface area contributed by atoms with E-state index in [2.05, 4.69) is 47.8 Å². The Bertz CT molecular complexity index is 902. The van der Waals surface area contributed by atoms with Gasteiger partial charge in [-0.25, -0.2) is 0 Å². The first kappa shape index (κ1) is 19.4. The first-order chi connectivity index (χ1) is 14.3. The van der Waals surface area contributed by atoms with Crippen LogP contribution in [-0.4, -0.2) is 32.1 Å². The lowest BCUT2D eigenvalue weighted by Gasteiger charge is -2.29. The highest BCUT2D eigenvalue weighted by Crippen LogP contribution is 2.09. The molecule has 1 heterocycles. The first-order valence-electron chi connectivity index (χ1n) is 10.4. The third kappa shape index (κ3) is 5.53. The van der Waals surface area contributed by atoms with Crippen LogP contribution < -0.4 is 15.1 Å². The van der Waals surface area contributed by atoms with Crippen molar-refractivity contribution in [3.63, 3.8) is 0 Å². The lowest BCUT2D eigenvalue weighted by molar-refractivity contribution is -1.02. The van der Waals surface area contributed by atoms with Gasteiger partial charge in [0.1, 0.15) is 39.3 Å².